The van der Waals surface area contributed by atoms with Crippen molar-refractivity contribution in [2.75, 3.05) is 11.1 Å². The minimum atomic E-state index is 0.256. The quantitative estimate of drug-likeness (QED) is 0.232. The first-order chi connectivity index (χ1) is 18.0. The van der Waals surface area contributed by atoms with Gasteiger partial charge in [-0.2, -0.15) is 11.3 Å². The smallest absolute Gasteiger partial charge is 0.178 e. The molecule has 1 aliphatic rings. The van der Waals surface area contributed by atoms with Crippen molar-refractivity contribution in [2.24, 2.45) is 5.73 Å². The van der Waals surface area contributed by atoms with Crippen molar-refractivity contribution in [3.63, 3.8) is 0 Å². The highest BCUT2D eigenvalue weighted by molar-refractivity contribution is 7.14. The van der Waals surface area contributed by atoms with E-state index in [1.165, 1.54) is 0 Å². The van der Waals surface area contributed by atoms with Gasteiger partial charge in [0.1, 0.15) is 15.8 Å². The van der Waals surface area contributed by atoms with Gasteiger partial charge in [0, 0.05) is 39.7 Å². The fourth-order valence-electron chi connectivity index (χ4n) is 5.00. The molecule has 0 unspecified atom stereocenters. The zero-order chi connectivity index (χ0) is 25.5. The van der Waals surface area contributed by atoms with E-state index in [2.05, 4.69) is 70.5 Å². The number of fused-ring (bicyclic) bond motifs is 1. The molecule has 0 saturated heterocycles. The molecule has 1 aromatic carbocycles. The summed E-state index contributed by atoms with van der Waals surface area (Å²) < 4.78 is 1.86. The van der Waals surface area contributed by atoms with E-state index in [1.807, 2.05) is 10.7 Å². The normalized spacial score (nSPS) is 18.1. The van der Waals surface area contributed by atoms with Crippen molar-refractivity contribution in [1.82, 2.24) is 24.8 Å². The molecule has 0 atom stereocenters. The van der Waals surface area contributed by atoms with Crippen LogP contribution in [0, 0.1) is 0 Å². The molecule has 37 heavy (non-hydrogen) atoms. The monoisotopic (exact) mass is 530 g/mol. The zero-order valence-corrected chi connectivity index (χ0v) is 22.5. The number of imidazole rings is 1. The lowest BCUT2D eigenvalue weighted by Gasteiger charge is -2.29. The maximum Gasteiger partial charge on any atom is 0.178 e. The van der Waals surface area contributed by atoms with Crippen molar-refractivity contribution >= 4 is 45.5 Å². The van der Waals surface area contributed by atoms with Crippen LogP contribution in [0.4, 0.5) is 17.2 Å². The number of benzene rings is 1. The summed E-state index contributed by atoms with van der Waals surface area (Å²) in [5, 5.41) is 23.3. The highest BCUT2D eigenvalue weighted by atomic mass is 32.1. The second-order valence-corrected chi connectivity index (χ2v) is 11.8. The zero-order valence-electron chi connectivity index (χ0n) is 20.9. The second-order valence-electron chi connectivity index (χ2n) is 9.98. The highest BCUT2D eigenvalue weighted by Gasteiger charge is 2.28. The fraction of sp³-hybridized carbons (Fsp3) is 0.333. The molecule has 5 aromatic rings. The Morgan fingerprint density at radius 2 is 1.81 bits per heavy atom. The van der Waals surface area contributed by atoms with Gasteiger partial charge in [-0.3, -0.25) is 0 Å². The first-order valence-electron chi connectivity index (χ1n) is 12.6. The van der Waals surface area contributed by atoms with Crippen molar-refractivity contribution < 1.29 is 0 Å². The number of hydrogen-bond donors (Lipinski definition) is 3. The predicted octanol–water partition coefficient (Wildman–Crippen LogP) is 6.41. The molecule has 0 amide bonds. The molecular weight excluding hydrogens is 500 g/mol. The lowest BCUT2D eigenvalue weighted by Crippen LogP contribution is -2.26. The van der Waals surface area contributed by atoms with E-state index >= 15 is 0 Å². The van der Waals surface area contributed by atoms with E-state index in [0.717, 1.165) is 75.1 Å². The van der Waals surface area contributed by atoms with Gasteiger partial charge in [0.2, 0.25) is 0 Å². The van der Waals surface area contributed by atoms with Crippen molar-refractivity contribution in [3.05, 3.63) is 57.9 Å². The Morgan fingerprint density at radius 3 is 2.49 bits per heavy atom. The van der Waals surface area contributed by atoms with Crippen molar-refractivity contribution in [2.45, 2.75) is 57.4 Å². The van der Waals surface area contributed by atoms with Crippen LogP contribution in [0.25, 0.3) is 27.5 Å². The number of nitrogens with two attached hydrogens (primary N) is 2. The summed E-state index contributed by atoms with van der Waals surface area (Å²) in [5.41, 5.74) is 19.6. The SMILES string of the molecule is CC(C)c1nnc(-c2ccc(Nc3c4ncc(-c5ccsc5)n4nc(N)c3[C@H]3CC[C@H](N)CC3)cc2)s1. The number of rotatable bonds is 6. The summed E-state index contributed by atoms with van der Waals surface area (Å²) in [6, 6.07) is 10.6. The Kier molecular flexibility index (Phi) is 6.39. The number of anilines is 3. The van der Waals surface area contributed by atoms with Crippen molar-refractivity contribution in [1.29, 1.82) is 0 Å². The molecule has 190 valence electrons. The van der Waals surface area contributed by atoms with Crippen LogP contribution in [0.2, 0.25) is 0 Å². The Balaban J connectivity index is 1.40. The fourth-order valence-corrected chi connectivity index (χ4v) is 6.50. The summed E-state index contributed by atoms with van der Waals surface area (Å²) in [4.78, 5) is 4.81. The van der Waals surface area contributed by atoms with Crippen LogP contribution in [0.3, 0.4) is 0 Å². The Bertz CT molecular complexity index is 1510. The summed E-state index contributed by atoms with van der Waals surface area (Å²) in [5.74, 6) is 1.20. The van der Waals surface area contributed by atoms with Crippen LogP contribution in [0.5, 0.6) is 0 Å². The first kappa shape index (κ1) is 24.0. The van der Waals surface area contributed by atoms with Crippen LogP contribution in [0.15, 0.2) is 47.3 Å². The van der Waals surface area contributed by atoms with Gasteiger partial charge in [-0.1, -0.05) is 25.2 Å². The molecule has 1 fully saturated rings. The van der Waals surface area contributed by atoms with E-state index in [9.17, 15) is 0 Å². The third kappa shape index (κ3) is 4.60. The third-order valence-electron chi connectivity index (χ3n) is 7.05. The molecule has 0 spiro atoms. The lowest BCUT2D eigenvalue weighted by atomic mass is 9.81. The number of nitrogens with one attached hydrogen (secondary N) is 1. The molecular formula is C27H30N8S2. The van der Waals surface area contributed by atoms with Gasteiger partial charge in [0.15, 0.2) is 5.65 Å². The van der Waals surface area contributed by atoms with Crippen LogP contribution >= 0.6 is 22.7 Å². The van der Waals surface area contributed by atoms with Gasteiger partial charge in [-0.25, -0.2) is 9.50 Å². The van der Waals surface area contributed by atoms with Gasteiger partial charge in [0.05, 0.1) is 17.6 Å². The van der Waals surface area contributed by atoms with Crippen LogP contribution in [-0.2, 0) is 0 Å². The molecule has 1 aliphatic carbocycles. The minimum absolute atomic E-state index is 0.256. The number of nitrogen functional groups attached to an aromatic ring is 1. The van der Waals surface area contributed by atoms with E-state index < -0.39 is 0 Å². The molecule has 10 heteroatoms. The molecule has 1 saturated carbocycles. The average molecular weight is 531 g/mol. The Hall–Kier alpha value is -3.34. The summed E-state index contributed by atoms with van der Waals surface area (Å²) in [6.07, 6.45) is 5.82. The Morgan fingerprint density at radius 1 is 1.03 bits per heavy atom. The summed E-state index contributed by atoms with van der Waals surface area (Å²) >= 11 is 3.29. The van der Waals surface area contributed by atoms with E-state index in [4.69, 9.17) is 21.5 Å². The van der Waals surface area contributed by atoms with Gasteiger partial charge in [-0.05, 0) is 67.3 Å². The average Bonchev–Trinajstić information content (AvgIpc) is 3.66. The van der Waals surface area contributed by atoms with Gasteiger partial charge >= 0.3 is 0 Å². The topological polar surface area (TPSA) is 120 Å². The summed E-state index contributed by atoms with van der Waals surface area (Å²) in [7, 11) is 0. The van der Waals surface area contributed by atoms with Crippen LogP contribution < -0.4 is 16.8 Å². The number of thiophene rings is 1. The van der Waals surface area contributed by atoms with Gasteiger partial charge < -0.3 is 16.8 Å². The number of aromatic nitrogens is 5. The second kappa shape index (κ2) is 9.85. The molecule has 6 rings (SSSR count). The number of hydrogen-bond acceptors (Lipinski definition) is 9. The Labute approximate surface area is 223 Å². The van der Waals surface area contributed by atoms with E-state index in [-0.39, 0.29) is 12.0 Å². The van der Waals surface area contributed by atoms with Gasteiger partial charge in [-0.15, -0.1) is 15.3 Å². The molecule has 0 aliphatic heterocycles. The standard InChI is InChI=1S/C27H30N8S2/c1-15(2)26-32-33-27(37-26)17-5-9-20(10-6-17)31-23-22(16-3-7-19(28)8-4-16)24(29)34-35-21(13-30-25(23)35)18-11-12-36-14-18/h5-6,9-16,19,31H,3-4,7-8,28H2,1-2H3,(H2,29,34)/t16-,19-. The van der Waals surface area contributed by atoms with Gasteiger partial charge in [0.25, 0.3) is 0 Å². The van der Waals surface area contributed by atoms with Crippen LogP contribution in [-0.4, -0.2) is 30.8 Å². The first-order valence-corrected chi connectivity index (χ1v) is 14.4. The van der Waals surface area contributed by atoms with Crippen LogP contribution in [0.1, 0.15) is 61.9 Å². The summed E-state index contributed by atoms with van der Waals surface area (Å²) in [6.45, 7) is 4.27. The number of nitrogens with zero attached hydrogens (tertiary/aromatic N) is 5. The lowest BCUT2D eigenvalue weighted by molar-refractivity contribution is 0.396. The highest BCUT2D eigenvalue weighted by Crippen LogP contribution is 2.42. The molecule has 4 heterocycles. The third-order valence-corrected chi connectivity index (χ3v) is 9.00. The van der Waals surface area contributed by atoms with E-state index in [0.29, 0.717) is 11.7 Å². The molecule has 5 N–H and O–H groups in total. The largest absolute Gasteiger partial charge is 0.382 e. The van der Waals surface area contributed by atoms with Crippen molar-refractivity contribution in [3.8, 4) is 21.8 Å². The molecule has 0 bridgehead atoms. The molecule has 8 nitrogen and oxygen atoms in total. The van der Waals surface area contributed by atoms with E-state index in [1.54, 1.807) is 22.7 Å². The molecule has 4 aromatic heterocycles. The predicted molar refractivity (Wildman–Crippen MR) is 153 cm³/mol. The maximum atomic E-state index is 6.67. The minimum Gasteiger partial charge on any atom is -0.382 e. The maximum absolute atomic E-state index is 6.67. The molecule has 0 radical (unpaired) electrons.